The zero-order valence-electron chi connectivity index (χ0n) is 18.8. The van der Waals surface area contributed by atoms with Gasteiger partial charge >= 0.3 is 0 Å². The molecule has 178 valence electrons. The molecule has 0 saturated carbocycles. The van der Waals surface area contributed by atoms with Crippen LogP contribution >= 0.6 is 11.3 Å². The van der Waals surface area contributed by atoms with E-state index in [1.165, 1.54) is 11.0 Å². The largest absolute Gasteiger partial charge is 0.383 e. The molecular weight excluding hydrogens is 462 g/mol. The summed E-state index contributed by atoms with van der Waals surface area (Å²) in [5, 5.41) is 0. The molecule has 4 rings (SSSR count). The molecule has 1 unspecified atom stereocenters. The van der Waals surface area contributed by atoms with E-state index in [9.17, 15) is 18.0 Å². The minimum absolute atomic E-state index is 0.0677. The van der Waals surface area contributed by atoms with E-state index >= 15 is 0 Å². The number of hydrogen-bond donors (Lipinski definition) is 2. The van der Waals surface area contributed by atoms with E-state index in [2.05, 4.69) is 9.71 Å². The Morgan fingerprint density at radius 2 is 1.97 bits per heavy atom. The van der Waals surface area contributed by atoms with Crippen LogP contribution in [0.5, 0.6) is 0 Å². The van der Waals surface area contributed by atoms with Crippen LogP contribution in [0, 0.1) is 6.92 Å². The maximum absolute atomic E-state index is 13.0. The van der Waals surface area contributed by atoms with Crippen LogP contribution in [-0.2, 0) is 19.6 Å². The maximum Gasteiger partial charge on any atom is 0.250 e. The van der Waals surface area contributed by atoms with Gasteiger partial charge in [-0.3, -0.25) is 9.59 Å². The van der Waals surface area contributed by atoms with Gasteiger partial charge in [-0.25, -0.2) is 13.4 Å². The number of thiophene rings is 1. The second-order valence-electron chi connectivity index (χ2n) is 8.60. The Morgan fingerprint density at radius 3 is 2.67 bits per heavy atom. The minimum Gasteiger partial charge on any atom is -0.383 e. The lowest BCUT2D eigenvalue weighted by Crippen LogP contribution is -2.51. The van der Waals surface area contributed by atoms with Crippen LogP contribution in [0.1, 0.15) is 38.2 Å². The van der Waals surface area contributed by atoms with Gasteiger partial charge in [-0.15, -0.1) is 11.3 Å². The molecule has 2 aliphatic heterocycles. The van der Waals surface area contributed by atoms with E-state index in [1.54, 1.807) is 24.1 Å². The van der Waals surface area contributed by atoms with Crippen LogP contribution in [0.15, 0.2) is 28.6 Å². The molecule has 4 heterocycles. The number of pyridine rings is 1. The van der Waals surface area contributed by atoms with Crippen LogP contribution in [0.2, 0.25) is 0 Å². The van der Waals surface area contributed by atoms with E-state index in [-0.39, 0.29) is 16.0 Å². The number of aryl methyl sites for hydroxylation is 1. The molecule has 2 fully saturated rings. The number of carbonyl (C=O) groups excluding carboxylic acids is 2. The molecule has 0 bridgehead atoms. The smallest absolute Gasteiger partial charge is 0.250 e. The Morgan fingerprint density at radius 1 is 1.24 bits per heavy atom. The van der Waals surface area contributed by atoms with E-state index in [4.69, 9.17) is 5.73 Å². The van der Waals surface area contributed by atoms with Gasteiger partial charge in [-0.2, -0.15) is 4.72 Å². The molecule has 2 atom stereocenters. The van der Waals surface area contributed by atoms with Gasteiger partial charge in [0.25, 0.3) is 10.0 Å². The zero-order valence-corrected chi connectivity index (χ0v) is 20.4. The van der Waals surface area contributed by atoms with Crippen molar-refractivity contribution in [3.05, 3.63) is 30.0 Å². The van der Waals surface area contributed by atoms with E-state index in [1.807, 2.05) is 13.0 Å². The van der Waals surface area contributed by atoms with Crippen molar-refractivity contribution in [1.82, 2.24) is 19.5 Å². The highest BCUT2D eigenvalue weighted by Gasteiger charge is 2.40. The Kier molecular flexibility index (Phi) is 6.73. The Labute approximate surface area is 198 Å². The second-order valence-corrected chi connectivity index (χ2v) is 11.6. The van der Waals surface area contributed by atoms with Gasteiger partial charge in [-0.05, 0) is 63.3 Å². The number of rotatable bonds is 6. The van der Waals surface area contributed by atoms with Crippen molar-refractivity contribution in [3.8, 4) is 10.4 Å². The van der Waals surface area contributed by atoms with Crippen molar-refractivity contribution in [2.24, 2.45) is 0 Å². The first-order valence-electron chi connectivity index (χ1n) is 11.1. The summed E-state index contributed by atoms with van der Waals surface area (Å²) in [7, 11) is -3.89. The van der Waals surface area contributed by atoms with Crippen LogP contribution in [0.25, 0.3) is 10.4 Å². The quantitative estimate of drug-likeness (QED) is 0.636. The molecule has 11 heteroatoms. The number of hydrogen-bond acceptors (Lipinski definition) is 7. The molecule has 33 heavy (non-hydrogen) atoms. The zero-order chi connectivity index (χ0) is 23.8. The van der Waals surface area contributed by atoms with Gasteiger partial charge in [0.15, 0.2) is 0 Å². The highest BCUT2D eigenvalue weighted by molar-refractivity contribution is 7.91. The first-order valence-corrected chi connectivity index (χ1v) is 13.4. The minimum atomic E-state index is -3.89. The highest BCUT2D eigenvalue weighted by Crippen LogP contribution is 2.32. The summed E-state index contributed by atoms with van der Waals surface area (Å²) in [5.41, 5.74) is 7.36. The number of aromatic nitrogens is 1. The molecule has 2 aromatic rings. The first kappa shape index (κ1) is 23.7. The molecular formula is C22H29N5O4S2. The number of anilines is 1. The third-order valence-electron chi connectivity index (χ3n) is 6.28. The van der Waals surface area contributed by atoms with E-state index in [0.717, 1.165) is 46.6 Å². The van der Waals surface area contributed by atoms with Crippen molar-refractivity contribution >= 4 is 39.0 Å². The van der Waals surface area contributed by atoms with Gasteiger partial charge in [0.05, 0.1) is 0 Å². The molecule has 0 spiro atoms. The number of nitrogens with two attached hydrogens (primary N) is 1. The molecule has 2 amide bonds. The van der Waals surface area contributed by atoms with Crippen molar-refractivity contribution in [3.63, 3.8) is 0 Å². The third-order valence-corrected chi connectivity index (χ3v) is 9.38. The molecule has 2 aliphatic rings. The maximum atomic E-state index is 13.0. The van der Waals surface area contributed by atoms with Crippen LogP contribution in [0.4, 0.5) is 5.82 Å². The number of sulfonamides is 1. The van der Waals surface area contributed by atoms with E-state index in [0.29, 0.717) is 31.9 Å². The van der Waals surface area contributed by atoms with Gasteiger partial charge in [0.1, 0.15) is 22.1 Å². The first-order chi connectivity index (χ1) is 15.7. The molecule has 2 aromatic heterocycles. The van der Waals surface area contributed by atoms with Crippen molar-refractivity contribution in [2.45, 2.75) is 55.8 Å². The summed E-state index contributed by atoms with van der Waals surface area (Å²) in [6.45, 7) is 5.34. The molecule has 9 nitrogen and oxygen atoms in total. The SMILES string of the molecule is Cc1cc(-c2ccc(S(=O)(=O)NC3CCN([C@@H](C)C(=O)N4CCCCC4)C3=O)s2)cnc1N. The van der Waals surface area contributed by atoms with Gasteiger partial charge in [0, 0.05) is 36.3 Å². The van der Waals surface area contributed by atoms with E-state index < -0.39 is 22.1 Å². The second kappa shape index (κ2) is 9.40. The number of amides is 2. The lowest BCUT2D eigenvalue weighted by molar-refractivity contribution is -0.143. The monoisotopic (exact) mass is 491 g/mol. The fraction of sp³-hybridized carbons (Fsp3) is 0.500. The third kappa shape index (κ3) is 4.90. The van der Waals surface area contributed by atoms with Crippen molar-refractivity contribution in [2.75, 3.05) is 25.4 Å². The number of piperidine rings is 1. The average Bonchev–Trinajstić information content (AvgIpc) is 3.43. The summed E-state index contributed by atoms with van der Waals surface area (Å²) >= 11 is 1.11. The highest BCUT2D eigenvalue weighted by atomic mass is 32.2. The number of nitrogen functional groups attached to an aromatic ring is 1. The summed E-state index contributed by atoms with van der Waals surface area (Å²) < 4.78 is 28.6. The summed E-state index contributed by atoms with van der Waals surface area (Å²) in [5.74, 6) is 0.00976. The summed E-state index contributed by atoms with van der Waals surface area (Å²) in [6, 6.07) is 3.62. The number of nitrogens with zero attached hydrogens (tertiary/aromatic N) is 3. The number of likely N-dealkylation sites (tertiary alicyclic amines) is 2. The molecule has 3 N–H and O–H groups in total. The number of carbonyl (C=O) groups is 2. The van der Waals surface area contributed by atoms with Crippen molar-refractivity contribution in [1.29, 1.82) is 0 Å². The van der Waals surface area contributed by atoms with Crippen molar-refractivity contribution < 1.29 is 18.0 Å². The van der Waals surface area contributed by atoms with Crippen LogP contribution < -0.4 is 10.5 Å². The normalized spacial score (nSPS) is 20.3. The van der Waals surface area contributed by atoms with Crippen LogP contribution in [-0.4, -0.2) is 66.7 Å². The standard InChI is InChI=1S/C22H29N5O4S2/c1-14-12-16(13-24-20(14)23)18-6-7-19(32-18)33(30,31)25-17-8-11-27(22(17)29)15(2)21(28)26-9-4-3-5-10-26/h6-7,12-13,15,17,25H,3-5,8-11H2,1-2H3,(H2,23,24)/t15-,17?/m0/s1. The van der Waals surface area contributed by atoms with Crippen LogP contribution in [0.3, 0.4) is 0 Å². The molecule has 2 saturated heterocycles. The molecule has 0 radical (unpaired) electrons. The fourth-order valence-electron chi connectivity index (χ4n) is 4.29. The summed E-state index contributed by atoms with van der Waals surface area (Å²) in [6.07, 6.45) is 5.00. The van der Waals surface area contributed by atoms with Gasteiger partial charge in [-0.1, -0.05) is 0 Å². The Balaban J connectivity index is 1.43. The van der Waals surface area contributed by atoms with Gasteiger partial charge in [0.2, 0.25) is 11.8 Å². The fourth-order valence-corrected chi connectivity index (χ4v) is 6.82. The average molecular weight is 492 g/mol. The predicted octanol–water partition coefficient (Wildman–Crippen LogP) is 1.98. The summed E-state index contributed by atoms with van der Waals surface area (Å²) in [4.78, 5) is 33.9. The lowest BCUT2D eigenvalue weighted by atomic mass is 10.1. The lowest BCUT2D eigenvalue weighted by Gasteiger charge is -2.32. The van der Waals surface area contributed by atoms with Gasteiger partial charge < -0.3 is 15.5 Å². The Bertz CT molecular complexity index is 1160. The predicted molar refractivity (Wildman–Crippen MR) is 127 cm³/mol. The molecule has 0 aliphatic carbocycles. The molecule has 0 aromatic carbocycles. The number of nitrogens with one attached hydrogen (secondary N) is 1. The Hall–Kier alpha value is -2.50. The topological polar surface area (TPSA) is 126 Å².